The molecule has 2 heterocycles. The van der Waals surface area contributed by atoms with Crippen LogP contribution in [0.4, 0.5) is 0 Å². The molecule has 10 nitrogen and oxygen atoms in total. The van der Waals surface area contributed by atoms with E-state index in [1.807, 2.05) is 31.2 Å². The van der Waals surface area contributed by atoms with Crippen molar-refractivity contribution in [2.45, 2.75) is 56.9 Å². The monoisotopic (exact) mass is 529 g/mol. The van der Waals surface area contributed by atoms with Crippen molar-refractivity contribution in [2.75, 3.05) is 26.7 Å². The summed E-state index contributed by atoms with van der Waals surface area (Å²) in [4.78, 5) is 14.9. The molecule has 0 saturated heterocycles. The predicted octanol–water partition coefficient (Wildman–Crippen LogP) is 2.28. The summed E-state index contributed by atoms with van der Waals surface area (Å²) < 4.78 is 36.2. The zero-order valence-electron chi connectivity index (χ0n) is 21.5. The fourth-order valence-electron chi connectivity index (χ4n) is 4.55. The molecule has 0 unspecified atom stereocenters. The number of aromatic nitrogens is 3. The Morgan fingerprint density at radius 1 is 1.22 bits per heavy atom. The summed E-state index contributed by atoms with van der Waals surface area (Å²) in [6, 6.07) is 12.3. The average molecular weight is 530 g/mol. The Kier molecular flexibility index (Phi) is 8.58. The summed E-state index contributed by atoms with van der Waals surface area (Å²) in [5.74, 6) is -0.285. The number of hydrogen-bond acceptors (Lipinski definition) is 7. The van der Waals surface area contributed by atoms with Crippen LogP contribution in [0, 0.1) is 5.92 Å². The van der Waals surface area contributed by atoms with Crippen molar-refractivity contribution in [3.05, 3.63) is 54.4 Å². The number of aliphatic hydroxyl groups is 1. The number of aliphatic hydroxyl groups excluding tert-OH is 1. The van der Waals surface area contributed by atoms with Gasteiger partial charge in [-0.25, -0.2) is 8.42 Å². The molecule has 0 aliphatic carbocycles. The third kappa shape index (κ3) is 6.35. The number of rotatable bonds is 6. The topological polar surface area (TPSA) is 118 Å². The highest BCUT2D eigenvalue weighted by molar-refractivity contribution is 7.89. The third-order valence-electron chi connectivity index (χ3n) is 6.91. The Morgan fingerprint density at radius 2 is 1.97 bits per heavy atom. The van der Waals surface area contributed by atoms with E-state index in [4.69, 9.17) is 4.74 Å². The molecule has 1 N–H and O–H groups in total. The molecule has 1 aliphatic heterocycles. The van der Waals surface area contributed by atoms with Crippen LogP contribution >= 0.6 is 0 Å². The van der Waals surface area contributed by atoms with Gasteiger partial charge >= 0.3 is 0 Å². The Morgan fingerprint density at radius 3 is 2.73 bits per heavy atom. The molecule has 37 heavy (non-hydrogen) atoms. The van der Waals surface area contributed by atoms with Gasteiger partial charge in [0.05, 0.1) is 36.5 Å². The predicted molar refractivity (Wildman–Crippen MR) is 139 cm³/mol. The Balaban J connectivity index is 1.59. The highest BCUT2D eigenvalue weighted by atomic mass is 32.2. The van der Waals surface area contributed by atoms with Gasteiger partial charge in [-0.1, -0.05) is 42.5 Å². The number of hydrogen-bond donors (Lipinski definition) is 1. The van der Waals surface area contributed by atoms with Gasteiger partial charge < -0.3 is 14.7 Å². The van der Waals surface area contributed by atoms with E-state index in [0.717, 1.165) is 10.8 Å². The van der Waals surface area contributed by atoms with E-state index in [1.54, 1.807) is 40.9 Å². The van der Waals surface area contributed by atoms with Crippen molar-refractivity contribution in [2.24, 2.45) is 5.92 Å². The van der Waals surface area contributed by atoms with Gasteiger partial charge in [-0.3, -0.25) is 9.48 Å². The van der Waals surface area contributed by atoms with E-state index in [0.29, 0.717) is 31.6 Å². The minimum atomic E-state index is -3.80. The van der Waals surface area contributed by atoms with Crippen LogP contribution in [0.25, 0.3) is 10.8 Å². The van der Waals surface area contributed by atoms with Crippen molar-refractivity contribution < 1.29 is 23.1 Å². The summed E-state index contributed by atoms with van der Waals surface area (Å²) >= 11 is 0. The number of amides is 1. The molecule has 4 rings (SSSR count). The van der Waals surface area contributed by atoms with Crippen LogP contribution in [0.5, 0.6) is 0 Å². The maximum Gasteiger partial charge on any atom is 0.242 e. The molecule has 0 saturated carbocycles. The van der Waals surface area contributed by atoms with Crippen LogP contribution in [-0.2, 0) is 32.7 Å². The lowest BCUT2D eigenvalue weighted by molar-refractivity contribution is -0.136. The molecular formula is C26H35N5O5S. The number of carbonyl (C=O) groups is 1. The van der Waals surface area contributed by atoms with Crippen molar-refractivity contribution in [3.63, 3.8) is 0 Å². The lowest BCUT2D eigenvalue weighted by Gasteiger charge is -2.35. The summed E-state index contributed by atoms with van der Waals surface area (Å²) in [7, 11) is -2.26. The normalized spacial score (nSPS) is 20.9. The number of likely N-dealkylation sites (N-methyl/N-ethyl adjacent to an activating group) is 1. The highest BCUT2D eigenvalue weighted by Crippen LogP contribution is 2.23. The van der Waals surface area contributed by atoms with Crippen molar-refractivity contribution in [3.8, 4) is 0 Å². The average Bonchev–Trinajstić information content (AvgIpc) is 3.35. The second-order valence-electron chi connectivity index (χ2n) is 9.78. The maximum atomic E-state index is 13.5. The molecule has 1 aliphatic rings. The van der Waals surface area contributed by atoms with Gasteiger partial charge in [-0.2, -0.15) is 4.31 Å². The molecule has 0 spiro atoms. The number of sulfonamides is 1. The second-order valence-corrected chi connectivity index (χ2v) is 11.8. The van der Waals surface area contributed by atoms with Gasteiger partial charge in [0.1, 0.15) is 5.69 Å². The van der Waals surface area contributed by atoms with Gasteiger partial charge in [0, 0.05) is 39.0 Å². The summed E-state index contributed by atoms with van der Waals surface area (Å²) in [6.07, 6.45) is 2.16. The molecule has 0 fully saturated rings. The van der Waals surface area contributed by atoms with Crippen molar-refractivity contribution in [1.29, 1.82) is 0 Å². The van der Waals surface area contributed by atoms with Crippen LogP contribution in [0.15, 0.2) is 53.6 Å². The smallest absolute Gasteiger partial charge is 0.242 e. The number of ether oxygens (including phenoxy) is 1. The molecule has 3 atom stereocenters. The molecule has 2 aromatic carbocycles. The van der Waals surface area contributed by atoms with E-state index < -0.39 is 16.1 Å². The summed E-state index contributed by atoms with van der Waals surface area (Å²) in [5, 5.41) is 19.8. The van der Waals surface area contributed by atoms with Crippen LogP contribution in [0.1, 0.15) is 32.4 Å². The largest absolute Gasteiger partial charge is 0.394 e. The van der Waals surface area contributed by atoms with E-state index >= 15 is 0 Å². The van der Waals surface area contributed by atoms with Gasteiger partial charge in [0.2, 0.25) is 15.9 Å². The molecule has 3 aromatic rings. The molecule has 2 bridgehead atoms. The fraction of sp³-hybridized carbons (Fsp3) is 0.500. The van der Waals surface area contributed by atoms with Crippen molar-refractivity contribution >= 4 is 26.7 Å². The van der Waals surface area contributed by atoms with Crippen LogP contribution in [0.2, 0.25) is 0 Å². The fourth-order valence-corrected chi connectivity index (χ4v) is 5.77. The van der Waals surface area contributed by atoms with Gasteiger partial charge in [-0.15, -0.1) is 5.10 Å². The zero-order chi connectivity index (χ0) is 26.6. The van der Waals surface area contributed by atoms with E-state index in [-0.39, 0.29) is 42.5 Å². The summed E-state index contributed by atoms with van der Waals surface area (Å²) in [6.45, 7) is 4.71. The van der Waals surface area contributed by atoms with E-state index in [1.165, 1.54) is 11.4 Å². The van der Waals surface area contributed by atoms with Crippen LogP contribution in [0.3, 0.4) is 0 Å². The highest BCUT2D eigenvalue weighted by Gasteiger charge is 2.31. The molecule has 1 aromatic heterocycles. The maximum absolute atomic E-state index is 13.5. The summed E-state index contributed by atoms with van der Waals surface area (Å²) in [5.41, 5.74) is 0.642. The number of carbonyl (C=O) groups excluding carboxylic acids is 1. The Hall–Kier alpha value is -2.86. The third-order valence-corrected chi connectivity index (χ3v) is 8.73. The first kappa shape index (κ1) is 27.2. The number of nitrogens with zero attached hydrogens (tertiary/aromatic N) is 5. The minimum absolute atomic E-state index is 0.0659. The number of aryl methyl sites for hydroxylation is 1. The SMILES string of the molecule is C[C@H]1CN([C@@H](C)CO)C(=O)CCCn2cc(nn2)CO[C@H]1CN(C)S(=O)(=O)c1ccc2ccccc2c1. The number of fused-ring (bicyclic) bond motifs is 3. The minimum Gasteiger partial charge on any atom is -0.394 e. The van der Waals surface area contributed by atoms with Gasteiger partial charge in [0.15, 0.2) is 0 Å². The molecular weight excluding hydrogens is 494 g/mol. The first-order valence-electron chi connectivity index (χ1n) is 12.5. The molecule has 0 radical (unpaired) electrons. The molecule has 200 valence electrons. The molecule has 1 amide bonds. The molecule has 11 heteroatoms. The van der Waals surface area contributed by atoms with Gasteiger partial charge in [-0.05, 0) is 36.2 Å². The standard InChI is InChI=1S/C26H35N5O5S/c1-19-14-31(20(2)17-32)26(33)9-6-12-30-15-23(27-28-30)18-36-25(19)16-29(3)37(34,35)24-11-10-21-7-4-5-8-22(21)13-24/h4-5,7-8,10-11,13,15,19-20,25,32H,6,9,12,14,16-18H2,1-3H3/t19-,20-,25-/m0/s1. The van der Waals surface area contributed by atoms with E-state index in [9.17, 15) is 18.3 Å². The Bertz CT molecular complexity index is 1330. The Labute approximate surface area is 217 Å². The van der Waals surface area contributed by atoms with Gasteiger partial charge in [0.25, 0.3) is 0 Å². The quantitative estimate of drug-likeness (QED) is 0.521. The zero-order valence-corrected chi connectivity index (χ0v) is 22.3. The van der Waals surface area contributed by atoms with Crippen LogP contribution < -0.4 is 0 Å². The number of benzene rings is 2. The van der Waals surface area contributed by atoms with Crippen molar-refractivity contribution in [1.82, 2.24) is 24.2 Å². The second kappa shape index (κ2) is 11.7. The first-order valence-corrected chi connectivity index (χ1v) is 14.0. The lowest BCUT2D eigenvalue weighted by Crippen LogP contribution is -2.47. The van der Waals surface area contributed by atoms with Crippen LogP contribution in [-0.4, -0.2) is 82.5 Å². The first-order chi connectivity index (χ1) is 17.7. The van der Waals surface area contributed by atoms with E-state index in [2.05, 4.69) is 10.3 Å². The lowest BCUT2D eigenvalue weighted by atomic mass is 10.0.